The van der Waals surface area contributed by atoms with Gasteiger partial charge in [0, 0.05) is 32.1 Å². The number of ether oxygens (including phenoxy) is 2. The molecular weight excluding hydrogens is 482 g/mol. The van der Waals surface area contributed by atoms with E-state index in [0.717, 1.165) is 36.4 Å². The Kier molecular flexibility index (Phi) is 8.65. The number of piperidine rings is 1. The lowest BCUT2D eigenvalue weighted by atomic mass is 9.79. The van der Waals surface area contributed by atoms with Crippen LogP contribution in [0.15, 0.2) is 71.0 Å². The Labute approximate surface area is 206 Å². The van der Waals surface area contributed by atoms with E-state index in [0.29, 0.717) is 19.5 Å². The molecule has 1 amide bonds. The van der Waals surface area contributed by atoms with Crippen molar-refractivity contribution >= 4 is 21.8 Å². The molecule has 7 heteroatoms. The number of piperazine rings is 1. The molecule has 1 N–H and O–H groups in total. The first-order chi connectivity index (χ1) is 15.9. The summed E-state index contributed by atoms with van der Waals surface area (Å²) in [5.74, 6) is 0.658. The number of allylic oxidation sites excluding steroid dienone is 3. The third-order valence-corrected chi connectivity index (χ3v) is 7.17. The zero-order valence-electron chi connectivity index (χ0n) is 20.1. The normalized spacial score (nSPS) is 24.8. The van der Waals surface area contributed by atoms with Crippen molar-refractivity contribution in [3.8, 4) is 0 Å². The van der Waals surface area contributed by atoms with Crippen LogP contribution in [0.4, 0.5) is 0 Å². The maximum Gasteiger partial charge on any atom is 0.229 e. The molecule has 0 aromatic carbocycles. The Balaban J connectivity index is 1.82. The average molecular weight is 518 g/mol. The van der Waals surface area contributed by atoms with Crippen LogP contribution in [0, 0.1) is 5.92 Å². The monoisotopic (exact) mass is 517 g/mol. The van der Waals surface area contributed by atoms with Crippen LogP contribution in [0.25, 0.3) is 0 Å². The van der Waals surface area contributed by atoms with Crippen molar-refractivity contribution < 1.29 is 14.3 Å². The van der Waals surface area contributed by atoms with Gasteiger partial charge in [0.05, 0.1) is 41.8 Å². The zero-order valence-corrected chi connectivity index (χ0v) is 21.7. The van der Waals surface area contributed by atoms with E-state index in [9.17, 15) is 4.79 Å². The third kappa shape index (κ3) is 5.30. The molecular formula is C26H36BrN3O3. The smallest absolute Gasteiger partial charge is 0.229 e. The molecule has 0 aromatic rings. The molecule has 6 nitrogen and oxygen atoms in total. The standard InChI is InChI=1S/C26H36BrN3O3/c1-6-24-26(28-22-18-21(33-5)10-11-23(22)30(24)7-2)12-15-29(16-13-26)25(31)20(9-8-14-27)17-19(3)32-4/h6-8,11,14,17-18,20-21,28H,2,9-10,12-13,15-16H2,1,3-5H3/b14-8+,19-17+,24-6-. The maximum atomic E-state index is 13.4. The molecule has 2 saturated heterocycles. The minimum Gasteiger partial charge on any atom is -0.502 e. The van der Waals surface area contributed by atoms with Crippen molar-refractivity contribution in [1.82, 2.24) is 15.1 Å². The highest BCUT2D eigenvalue weighted by molar-refractivity contribution is 9.11. The van der Waals surface area contributed by atoms with Crippen molar-refractivity contribution in [2.45, 2.75) is 51.2 Å². The fraction of sp³-hybridized carbons (Fsp3) is 0.500. The Morgan fingerprint density at radius 1 is 1.39 bits per heavy atom. The highest BCUT2D eigenvalue weighted by Crippen LogP contribution is 2.42. The molecule has 2 heterocycles. The topological polar surface area (TPSA) is 54.0 Å². The van der Waals surface area contributed by atoms with Gasteiger partial charge in [-0.1, -0.05) is 40.7 Å². The van der Waals surface area contributed by atoms with E-state index in [4.69, 9.17) is 9.47 Å². The summed E-state index contributed by atoms with van der Waals surface area (Å²) in [5, 5.41) is 3.83. The van der Waals surface area contributed by atoms with Gasteiger partial charge in [-0.25, -0.2) is 0 Å². The number of hydrogen-bond acceptors (Lipinski definition) is 5. The molecule has 0 bridgehead atoms. The van der Waals surface area contributed by atoms with Gasteiger partial charge in [-0.2, -0.15) is 0 Å². The fourth-order valence-corrected chi connectivity index (χ4v) is 5.20. The van der Waals surface area contributed by atoms with Gasteiger partial charge in [0.1, 0.15) is 0 Å². The molecule has 3 aliphatic rings. The summed E-state index contributed by atoms with van der Waals surface area (Å²) in [6.07, 6.45) is 15.5. The predicted octanol–water partition coefficient (Wildman–Crippen LogP) is 4.95. The number of nitrogens with zero attached hydrogens (tertiary/aromatic N) is 2. The predicted molar refractivity (Wildman–Crippen MR) is 136 cm³/mol. The third-order valence-electron chi connectivity index (χ3n) is 6.80. The van der Waals surface area contributed by atoms with Crippen molar-refractivity contribution in [2.75, 3.05) is 27.3 Å². The van der Waals surface area contributed by atoms with Gasteiger partial charge in [-0.15, -0.1) is 0 Å². The van der Waals surface area contributed by atoms with Gasteiger partial charge in [0.15, 0.2) is 0 Å². The minimum absolute atomic E-state index is 0.0628. The Bertz CT molecular complexity index is 894. The van der Waals surface area contributed by atoms with E-state index in [1.807, 2.05) is 30.2 Å². The molecule has 0 radical (unpaired) electrons. The Morgan fingerprint density at radius 2 is 2.12 bits per heavy atom. The number of carbonyl (C=O) groups is 1. The number of amides is 1. The summed E-state index contributed by atoms with van der Waals surface area (Å²) >= 11 is 3.32. The largest absolute Gasteiger partial charge is 0.502 e. The second-order valence-electron chi connectivity index (χ2n) is 8.62. The van der Waals surface area contributed by atoms with Crippen LogP contribution in [-0.4, -0.2) is 54.7 Å². The quantitative estimate of drug-likeness (QED) is 0.484. The highest BCUT2D eigenvalue weighted by Gasteiger charge is 2.46. The van der Waals surface area contributed by atoms with Gasteiger partial charge in [0.2, 0.25) is 5.91 Å². The van der Waals surface area contributed by atoms with Crippen LogP contribution >= 0.6 is 15.9 Å². The van der Waals surface area contributed by atoms with Crippen LogP contribution in [0.3, 0.4) is 0 Å². The first-order valence-corrected chi connectivity index (χ1v) is 12.4. The van der Waals surface area contributed by atoms with Gasteiger partial charge in [0.25, 0.3) is 0 Å². The number of methoxy groups -OCH3 is 2. The molecule has 3 rings (SSSR count). The molecule has 2 fully saturated rings. The van der Waals surface area contributed by atoms with Crippen LogP contribution in [0.5, 0.6) is 0 Å². The number of fused-ring (bicyclic) bond motifs is 1. The highest BCUT2D eigenvalue weighted by atomic mass is 79.9. The summed E-state index contributed by atoms with van der Waals surface area (Å²) < 4.78 is 10.9. The molecule has 2 atom stereocenters. The first-order valence-electron chi connectivity index (χ1n) is 11.5. The second-order valence-corrected chi connectivity index (χ2v) is 9.15. The Hall–Kier alpha value is -2.25. The van der Waals surface area contributed by atoms with Crippen LogP contribution in [0.1, 0.15) is 39.5 Å². The molecule has 33 heavy (non-hydrogen) atoms. The van der Waals surface area contributed by atoms with Gasteiger partial charge in [-0.3, -0.25) is 4.79 Å². The van der Waals surface area contributed by atoms with E-state index >= 15 is 0 Å². The molecule has 0 aromatic heterocycles. The lowest BCUT2D eigenvalue weighted by Gasteiger charge is -2.52. The lowest BCUT2D eigenvalue weighted by Crippen LogP contribution is -2.61. The summed E-state index contributed by atoms with van der Waals surface area (Å²) in [6.45, 7) is 9.41. The van der Waals surface area contributed by atoms with E-state index in [1.54, 1.807) is 19.2 Å². The molecule has 1 aliphatic carbocycles. The Morgan fingerprint density at radius 3 is 2.70 bits per heavy atom. The van der Waals surface area contributed by atoms with E-state index in [-0.39, 0.29) is 23.5 Å². The van der Waals surface area contributed by atoms with Crippen molar-refractivity contribution in [3.05, 3.63) is 71.0 Å². The number of likely N-dealkylation sites (tertiary alicyclic amines) is 1. The van der Waals surface area contributed by atoms with Crippen LogP contribution in [0.2, 0.25) is 0 Å². The van der Waals surface area contributed by atoms with Gasteiger partial charge < -0.3 is 24.6 Å². The van der Waals surface area contributed by atoms with Crippen molar-refractivity contribution in [2.24, 2.45) is 5.92 Å². The number of halogens is 1. The molecule has 180 valence electrons. The molecule has 0 saturated carbocycles. The minimum atomic E-state index is -0.248. The van der Waals surface area contributed by atoms with E-state index in [2.05, 4.69) is 57.9 Å². The SMILES string of the molecule is C=CN1C2=CCC(OC)C=C2NC2(CCN(C(=O)C(/C=C(\C)OC)C/C=C/Br)CC2)/C1=C/C. The van der Waals surface area contributed by atoms with Crippen molar-refractivity contribution in [1.29, 1.82) is 0 Å². The zero-order chi connectivity index (χ0) is 24.0. The summed E-state index contributed by atoms with van der Waals surface area (Å²) in [4.78, 5) is 19.4. The number of rotatable bonds is 7. The van der Waals surface area contributed by atoms with Gasteiger partial charge >= 0.3 is 0 Å². The first kappa shape index (κ1) is 25.4. The van der Waals surface area contributed by atoms with E-state index < -0.39 is 0 Å². The van der Waals surface area contributed by atoms with Crippen LogP contribution < -0.4 is 5.32 Å². The average Bonchev–Trinajstić information content (AvgIpc) is 2.85. The maximum absolute atomic E-state index is 13.4. The summed E-state index contributed by atoms with van der Waals surface area (Å²) in [6, 6.07) is 0. The second kappa shape index (κ2) is 11.3. The molecule has 1 spiro atoms. The van der Waals surface area contributed by atoms with Gasteiger partial charge in [-0.05, 0) is 56.7 Å². The van der Waals surface area contributed by atoms with E-state index in [1.165, 1.54) is 5.70 Å². The fourth-order valence-electron chi connectivity index (χ4n) is 4.98. The number of hydrogen-bond donors (Lipinski definition) is 1. The van der Waals surface area contributed by atoms with Crippen molar-refractivity contribution in [3.63, 3.8) is 0 Å². The molecule has 2 aliphatic heterocycles. The van der Waals surface area contributed by atoms with Crippen LogP contribution in [-0.2, 0) is 14.3 Å². The summed E-state index contributed by atoms with van der Waals surface area (Å²) in [5.41, 5.74) is 3.15. The lowest BCUT2D eigenvalue weighted by molar-refractivity contribution is -0.135. The number of carbonyl (C=O) groups excluding carboxylic acids is 1. The molecule has 2 unspecified atom stereocenters. The number of nitrogens with one attached hydrogen (secondary N) is 1. The summed E-state index contributed by atoms with van der Waals surface area (Å²) in [7, 11) is 3.38.